The Kier molecular flexibility index (Phi) is 5.29. The maximum absolute atomic E-state index is 9.58. The average Bonchev–Trinajstić information content (AvgIpc) is 2.25. The maximum atomic E-state index is 9.58. The molecule has 0 fully saturated rings. The zero-order valence-electron chi connectivity index (χ0n) is 9.98. The molecule has 3 nitrogen and oxygen atoms in total. The molecule has 90 valence electrons. The number of nitrogens with one attached hydrogen (secondary N) is 1. The van der Waals surface area contributed by atoms with Crippen LogP contribution in [0.3, 0.4) is 0 Å². The Balaban J connectivity index is 2.46. The highest BCUT2D eigenvalue weighted by atomic mass is 16.3. The minimum atomic E-state index is 0.0969. The van der Waals surface area contributed by atoms with E-state index in [9.17, 15) is 10.2 Å². The van der Waals surface area contributed by atoms with E-state index >= 15 is 0 Å². The van der Waals surface area contributed by atoms with Gasteiger partial charge < -0.3 is 15.5 Å². The van der Waals surface area contributed by atoms with E-state index in [1.54, 1.807) is 12.1 Å². The lowest BCUT2D eigenvalue weighted by atomic mass is 10.0. The number of hydrogen-bond acceptors (Lipinski definition) is 3. The number of aliphatic hydroxyl groups excluding tert-OH is 1. The average molecular weight is 223 g/mol. The van der Waals surface area contributed by atoms with Crippen molar-refractivity contribution in [2.45, 2.75) is 32.9 Å². The summed E-state index contributed by atoms with van der Waals surface area (Å²) in [5.41, 5.74) is 0.865. The Hall–Kier alpha value is -1.06. The molecule has 0 bridgehead atoms. The van der Waals surface area contributed by atoms with Gasteiger partial charge in [0.05, 0.1) is 6.61 Å². The van der Waals surface area contributed by atoms with Crippen molar-refractivity contribution < 1.29 is 10.2 Å². The largest absolute Gasteiger partial charge is 0.508 e. The van der Waals surface area contributed by atoms with E-state index in [0.717, 1.165) is 12.0 Å². The quantitative estimate of drug-likeness (QED) is 0.690. The van der Waals surface area contributed by atoms with Gasteiger partial charge in [0.2, 0.25) is 0 Å². The van der Waals surface area contributed by atoms with Gasteiger partial charge in [-0.25, -0.2) is 0 Å². The van der Waals surface area contributed by atoms with Crippen LogP contribution in [0.25, 0.3) is 0 Å². The van der Waals surface area contributed by atoms with E-state index < -0.39 is 0 Å². The number of rotatable bonds is 6. The van der Waals surface area contributed by atoms with E-state index in [4.69, 9.17) is 0 Å². The van der Waals surface area contributed by atoms with Crippen LogP contribution in [0.1, 0.15) is 25.8 Å². The van der Waals surface area contributed by atoms with Gasteiger partial charge in [-0.3, -0.25) is 0 Å². The Morgan fingerprint density at radius 1 is 1.25 bits per heavy atom. The number of benzene rings is 1. The number of aromatic hydroxyl groups is 1. The summed E-state index contributed by atoms with van der Waals surface area (Å²) < 4.78 is 0. The van der Waals surface area contributed by atoms with Gasteiger partial charge in [0.15, 0.2) is 0 Å². The van der Waals surface area contributed by atoms with Gasteiger partial charge in [-0.05, 0) is 18.4 Å². The molecule has 0 amide bonds. The highest BCUT2D eigenvalue weighted by molar-refractivity contribution is 5.31. The Morgan fingerprint density at radius 3 is 2.50 bits per heavy atom. The van der Waals surface area contributed by atoms with Crippen LogP contribution in [-0.2, 0) is 6.54 Å². The first kappa shape index (κ1) is 13.0. The highest BCUT2D eigenvalue weighted by Gasteiger charge is 2.09. The van der Waals surface area contributed by atoms with Gasteiger partial charge in [0.1, 0.15) is 5.75 Å². The van der Waals surface area contributed by atoms with Gasteiger partial charge in [-0.2, -0.15) is 0 Å². The van der Waals surface area contributed by atoms with E-state index in [2.05, 4.69) is 19.2 Å². The molecule has 0 spiro atoms. The molecule has 3 N–H and O–H groups in total. The molecule has 1 rings (SSSR count). The van der Waals surface area contributed by atoms with Crippen molar-refractivity contribution in [2.75, 3.05) is 6.61 Å². The van der Waals surface area contributed by atoms with Crippen LogP contribution >= 0.6 is 0 Å². The predicted molar refractivity (Wildman–Crippen MR) is 65.3 cm³/mol. The van der Waals surface area contributed by atoms with Crippen LogP contribution in [0.15, 0.2) is 24.3 Å². The smallest absolute Gasteiger partial charge is 0.120 e. The van der Waals surface area contributed by atoms with Crippen LogP contribution in [0.5, 0.6) is 5.75 Å². The predicted octanol–water partition coefficient (Wildman–Crippen LogP) is 1.89. The van der Waals surface area contributed by atoms with Gasteiger partial charge in [0, 0.05) is 18.2 Å². The van der Waals surface area contributed by atoms with Gasteiger partial charge in [-0.15, -0.1) is 0 Å². The van der Waals surface area contributed by atoms with Gasteiger partial charge in [-0.1, -0.05) is 32.0 Å². The highest BCUT2D eigenvalue weighted by Crippen LogP contribution is 2.15. The third kappa shape index (κ3) is 4.21. The molecule has 16 heavy (non-hydrogen) atoms. The molecule has 1 atom stereocenters. The fourth-order valence-corrected chi connectivity index (χ4v) is 1.71. The fourth-order valence-electron chi connectivity index (χ4n) is 1.71. The van der Waals surface area contributed by atoms with Crippen molar-refractivity contribution in [3.05, 3.63) is 29.8 Å². The second-order valence-corrected chi connectivity index (χ2v) is 4.52. The summed E-state index contributed by atoms with van der Waals surface area (Å²) in [4.78, 5) is 0. The van der Waals surface area contributed by atoms with Crippen molar-refractivity contribution in [3.8, 4) is 5.75 Å². The first-order valence-electron chi connectivity index (χ1n) is 5.74. The van der Waals surface area contributed by atoms with E-state index in [1.165, 1.54) is 0 Å². The summed E-state index contributed by atoms with van der Waals surface area (Å²) in [6.07, 6.45) is 0.935. The lowest BCUT2D eigenvalue weighted by Crippen LogP contribution is -2.33. The van der Waals surface area contributed by atoms with E-state index in [-0.39, 0.29) is 12.6 Å². The second-order valence-electron chi connectivity index (χ2n) is 4.52. The third-order valence-corrected chi connectivity index (χ3v) is 2.55. The molecule has 1 unspecified atom stereocenters. The van der Waals surface area contributed by atoms with E-state index in [0.29, 0.717) is 18.2 Å². The summed E-state index contributed by atoms with van der Waals surface area (Å²) in [6.45, 7) is 4.98. The van der Waals surface area contributed by atoms with Crippen molar-refractivity contribution >= 4 is 0 Å². The molecule has 1 aromatic carbocycles. The molecule has 3 heteroatoms. The molecule has 0 saturated heterocycles. The van der Waals surface area contributed by atoms with E-state index in [1.807, 2.05) is 12.1 Å². The molecular formula is C13H21NO2. The summed E-state index contributed by atoms with van der Waals surface area (Å²) in [7, 11) is 0. The topological polar surface area (TPSA) is 52.5 Å². The number of hydrogen-bond donors (Lipinski definition) is 3. The zero-order chi connectivity index (χ0) is 12.0. The normalized spacial score (nSPS) is 13.0. The molecule has 0 radical (unpaired) electrons. The summed E-state index contributed by atoms with van der Waals surface area (Å²) in [6, 6.07) is 7.35. The van der Waals surface area contributed by atoms with Crippen molar-refractivity contribution in [3.63, 3.8) is 0 Å². The number of phenols is 1. The zero-order valence-corrected chi connectivity index (χ0v) is 9.98. The van der Waals surface area contributed by atoms with Crippen molar-refractivity contribution in [1.82, 2.24) is 5.32 Å². The van der Waals surface area contributed by atoms with Crippen LogP contribution in [-0.4, -0.2) is 22.9 Å². The SMILES string of the molecule is CC(C)CC(CO)NCc1ccccc1O. The monoisotopic (exact) mass is 223 g/mol. The van der Waals surface area contributed by atoms with Crippen LogP contribution in [0.2, 0.25) is 0 Å². The molecule has 0 aromatic heterocycles. The number of aliphatic hydroxyl groups is 1. The van der Waals surface area contributed by atoms with Gasteiger partial charge in [0.25, 0.3) is 0 Å². The molecule has 1 aromatic rings. The summed E-state index contributed by atoms with van der Waals surface area (Å²) in [5.74, 6) is 0.852. The van der Waals surface area contributed by atoms with Crippen molar-refractivity contribution in [2.24, 2.45) is 5.92 Å². The lowest BCUT2D eigenvalue weighted by molar-refractivity contribution is 0.223. The van der Waals surface area contributed by atoms with Crippen molar-refractivity contribution in [1.29, 1.82) is 0 Å². The summed E-state index contributed by atoms with van der Waals surface area (Å²) >= 11 is 0. The van der Waals surface area contributed by atoms with Crippen LogP contribution in [0.4, 0.5) is 0 Å². The van der Waals surface area contributed by atoms with Crippen LogP contribution in [0, 0.1) is 5.92 Å². The molecule has 0 aliphatic carbocycles. The van der Waals surface area contributed by atoms with Gasteiger partial charge >= 0.3 is 0 Å². The minimum absolute atomic E-state index is 0.0969. The number of para-hydroxylation sites is 1. The summed E-state index contributed by atoms with van der Waals surface area (Å²) in [5, 5.41) is 22.0. The Labute approximate surface area is 97.1 Å². The molecule has 0 saturated carbocycles. The molecular weight excluding hydrogens is 202 g/mol. The third-order valence-electron chi connectivity index (χ3n) is 2.55. The Morgan fingerprint density at radius 2 is 1.94 bits per heavy atom. The standard InChI is InChI=1S/C13H21NO2/c1-10(2)7-12(9-15)14-8-11-5-3-4-6-13(11)16/h3-6,10,12,14-16H,7-9H2,1-2H3. The molecule has 0 aliphatic heterocycles. The maximum Gasteiger partial charge on any atom is 0.120 e. The minimum Gasteiger partial charge on any atom is -0.508 e. The Bertz CT molecular complexity index is 313. The van der Waals surface area contributed by atoms with Crippen LogP contribution < -0.4 is 5.32 Å². The first-order valence-corrected chi connectivity index (χ1v) is 5.74. The molecule has 0 heterocycles. The first-order chi connectivity index (χ1) is 7.63. The second kappa shape index (κ2) is 6.51. The lowest BCUT2D eigenvalue weighted by Gasteiger charge is -2.18. The molecule has 0 aliphatic rings. The fraction of sp³-hybridized carbons (Fsp3) is 0.538. The number of phenolic OH excluding ortho intramolecular Hbond substituents is 1.